The van der Waals surface area contributed by atoms with E-state index in [1.54, 1.807) is 11.8 Å². The van der Waals surface area contributed by atoms with E-state index in [-0.39, 0.29) is 12.4 Å². The van der Waals surface area contributed by atoms with Crippen molar-refractivity contribution in [2.24, 2.45) is 0 Å². The van der Waals surface area contributed by atoms with Gasteiger partial charge in [-0.05, 0) is 43.3 Å². The molecular formula is C12H18ClNS. The third-order valence-electron chi connectivity index (χ3n) is 2.83. The molecule has 1 N–H and O–H groups in total. The van der Waals surface area contributed by atoms with Crippen LogP contribution in [0.15, 0.2) is 29.2 Å². The number of thioether (sulfide) groups is 1. The third-order valence-corrected chi connectivity index (χ3v) is 3.57. The largest absolute Gasteiger partial charge is 0.310 e. The molecule has 0 saturated carbocycles. The zero-order valence-electron chi connectivity index (χ0n) is 9.03. The highest BCUT2D eigenvalue weighted by Gasteiger charge is 2.13. The van der Waals surface area contributed by atoms with Crippen LogP contribution in [0.1, 0.15) is 30.9 Å². The van der Waals surface area contributed by atoms with Crippen LogP contribution < -0.4 is 5.32 Å². The second-order valence-electron chi connectivity index (χ2n) is 3.78. The Hall–Kier alpha value is -0.180. The van der Waals surface area contributed by atoms with Gasteiger partial charge in [0.25, 0.3) is 0 Å². The fourth-order valence-electron chi connectivity index (χ4n) is 1.97. The van der Waals surface area contributed by atoms with Crippen LogP contribution >= 0.6 is 24.2 Å². The molecule has 1 atom stereocenters. The van der Waals surface area contributed by atoms with E-state index in [1.807, 2.05) is 0 Å². The van der Waals surface area contributed by atoms with Crippen LogP contribution in [0, 0.1) is 0 Å². The van der Waals surface area contributed by atoms with Crippen molar-refractivity contribution in [3.8, 4) is 0 Å². The molecular weight excluding hydrogens is 226 g/mol. The van der Waals surface area contributed by atoms with Gasteiger partial charge < -0.3 is 5.32 Å². The highest BCUT2D eigenvalue weighted by Crippen LogP contribution is 2.24. The van der Waals surface area contributed by atoms with Crippen molar-refractivity contribution in [3.05, 3.63) is 29.8 Å². The highest BCUT2D eigenvalue weighted by molar-refractivity contribution is 7.98. The van der Waals surface area contributed by atoms with Gasteiger partial charge in [-0.25, -0.2) is 0 Å². The standard InChI is InChI=1S/C12H17NS.ClH/c1-14-11-7-5-10(6-8-11)12-4-2-3-9-13-12;/h5-8,12-13H,2-4,9H2,1H3;1H/t12-;/m0./s1. The second-order valence-corrected chi connectivity index (χ2v) is 4.66. The van der Waals surface area contributed by atoms with Crippen LogP contribution in [0.3, 0.4) is 0 Å². The zero-order chi connectivity index (χ0) is 9.80. The first-order valence-corrected chi connectivity index (χ1v) is 6.50. The molecule has 0 radical (unpaired) electrons. The van der Waals surface area contributed by atoms with Gasteiger partial charge in [-0.15, -0.1) is 24.2 Å². The van der Waals surface area contributed by atoms with Gasteiger partial charge in [-0.2, -0.15) is 0 Å². The van der Waals surface area contributed by atoms with Crippen LogP contribution in [0.2, 0.25) is 0 Å². The van der Waals surface area contributed by atoms with E-state index in [9.17, 15) is 0 Å². The Balaban J connectivity index is 0.00000112. The Bertz CT molecular complexity index is 280. The summed E-state index contributed by atoms with van der Waals surface area (Å²) < 4.78 is 0. The SMILES string of the molecule is CSc1ccc([C@@H]2CCCCN2)cc1.Cl. The fraction of sp³-hybridized carbons (Fsp3) is 0.500. The molecule has 3 heteroatoms. The van der Waals surface area contributed by atoms with Gasteiger partial charge in [0.2, 0.25) is 0 Å². The van der Waals surface area contributed by atoms with Crippen molar-refractivity contribution in [1.82, 2.24) is 5.32 Å². The molecule has 1 aliphatic rings. The molecule has 1 nitrogen and oxygen atoms in total. The van der Waals surface area contributed by atoms with Crippen LogP contribution in [0.5, 0.6) is 0 Å². The lowest BCUT2D eigenvalue weighted by Crippen LogP contribution is -2.26. The summed E-state index contributed by atoms with van der Waals surface area (Å²) >= 11 is 1.80. The topological polar surface area (TPSA) is 12.0 Å². The van der Waals surface area contributed by atoms with E-state index in [4.69, 9.17) is 0 Å². The monoisotopic (exact) mass is 243 g/mol. The lowest BCUT2D eigenvalue weighted by atomic mass is 9.98. The molecule has 0 amide bonds. The van der Waals surface area contributed by atoms with Crippen molar-refractivity contribution >= 4 is 24.2 Å². The number of rotatable bonds is 2. The van der Waals surface area contributed by atoms with Gasteiger partial charge in [0, 0.05) is 10.9 Å². The van der Waals surface area contributed by atoms with Crippen molar-refractivity contribution in [1.29, 1.82) is 0 Å². The molecule has 0 aromatic heterocycles. The maximum absolute atomic E-state index is 3.57. The molecule has 84 valence electrons. The van der Waals surface area contributed by atoms with Gasteiger partial charge in [0.1, 0.15) is 0 Å². The van der Waals surface area contributed by atoms with Gasteiger partial charge in [0.15, 0.2) is 0 Å². The smallest absolute Gasteiger partial charge is 0.0320 e. The summed E-state index contributed by atoms with van der Waals surface area (Å²) in [5.41, 5.74) is 1.45. The molecule has 0 aliphatic carbocycles. The number of benzene rings is 1. The van der Waals surface area contributed by atoms with Gasteiger partial charge in [0.05, 0.1) is 0 Å². The summed E-state index contributed by atoms with van der Waals surface area (Å²) in [6, 6.07) is 9.55. The van der Waals surface area contributed by atoms with Gasteiger partial charge in [-0.1, -0.05) is 18.6 Å². The minimum absolute atomic E-state index is 0. The molecule has 2 rings (SSSR count). The van der Waals surface area contributed by atoms with Crippen molar-refractivity contribution in [2.45, 2.75) is 30.2 Å². The highest BCUT2D eigenvalue weighted by atomic mass is 35.5. The lowest BCUT2D eigenvalue weighted by molar-refractivity contribution is 0.412. The average Bonchev–Trinajstić information content (AvgIpc) is 2.30. The molecule has 1 aromatic rings. The summed E-state index contributed by atoms with van der Waals surface area (Å²) in [6.45, 7) is 1.18. The molecule has 1 aromatic carbocycles. The second kappa shape index (κ2) is 6.41. The molecule has 1 saturated heterocycles. The quantitative estimate of drug-likeness (QED) is 0.796. The fourth-order valence-corrected chi connectivity index (χ4v) is 2.38. The number of hydrogen-bond donors (Lipinski definition) is 1. The molecule has 1 aliphatic heterocycles. The van der Waals surface area contributed by atoms with Crippen molar-refractivity contribution in [2.75, 3.05) is 12.8 Å². The Morgan fingerprint density at radius 1 is 1.20 bits per heavy atom. The van der Waals surface area contributed by atoms with E-state index >= 15 is 0 Å². The predicted molar refractivity (Wildman–Crippen MR) is 70.1 cm³/mol. The summed E-state index contributed by atoms with van der Waals surface area (Å²) in [7, 11) is 0. The number of nitrogens with one attached hydrogen (secondary N) is 1. The first-order chi connectivity index (χ1) is 6.90. The lowest BCUT2D eigenvalue weighted by Gasteiger charge is -2.23. The first kappa shape index (κ1) is 12.9. The Labute approximate surface area is 102 Å². The Morgan fingerprint density at radius 2 is 1.93 bits per heavy atom. The zero-order valence-corrected chi connectivity index (χ0v) is 10.7. The van der Waals surface area contributed by atoms with Gasteiger partial charge in [-0.3, -0.25) is 0 Å². The molecule has 1 heterocycles. The number of halogens is 1. The maximum atomic E-state index is 3.57. The van der Waals surface area contributed by atoms with Gasteiger partial charge >= 0.3 is 0 Å². The van der Waals surface area contributed by atoms with Crippen molar-refractivity contribution in [3.63, 3.8) is 0 Å². The van der Waals surface area contributed by atoms with E-state index in [2.05, 4.69) is 35.8 Å². The number of piperidine rings is 1. The Kier molecular flexibility index (Phi) is 5.51. The molecule has 0 bridgehead atoms. The van der Waals surface area contributed by atoms with E-state index in [1.165, 1.54) is 36.3 Å². The minimum Gasteiger partial charge on any atom is -0.310 e. The van der Waals surface area contributed by atoms with E-state index < -0.39 is 0 Å². The van der Waals surface area contributed by atoms with Crippen LogP contribution in [-0.4, -0.2) is 12.8 Å². The van der Waals surface area contributed by atoms with Crippen LogP contribution in [0.4, 0.5) is 0 Å². The third kappa shape index (κ3) is 3.40. The molecule has 1 fully saturated rings. The normalized spacial score (nSPS) is 20.7. The minimum atomic E-state index is 0. The van der Waals surface area contributed by atoms with Crippen molar-refractivity contribution < 1.29 is 0 Å². The summed E-state index contributed by atoms with van der Waals surface area (Å²) in [6.07, 6.45) is 6.10. The summed E-state index contributed by atoms with van der Waals surface area (Å²) in [4.78, 5) is 1.35. The Morgan fingerprint density at radius 3 is 2.47 bits per heavy atom. The van der Waals surface area contributed by atoms with Crippen LogP contribution in [0.25, 0.3) is 0 Å². The average molecular weight is 244 g/mol. The number of hydrogen-bond acceptors (Lipinski definition) is 2. The molecule has 0 spiro atoms. The van der Waals surface area contributed by atoms with Crippen LogP contribution in [-0.2, 0) is 0 Å². The summed E-state index contributed by atoms with van der Waals surface area (Å²) in [5.74, 6) is 0. The maximum Gasteiger partial charge on any atom is 0.0320 e. The first-order valence-electron chi connectivity index (χ1n) is 5.27. The summed E-state index contributed by atoms with van der Waals surface area (Å²) in [5, 5.41) is 3.57. The predicted octanol–water partition coefficient (Wildman–Crippen LogP) is 3.64. The molecule has 15 heavy (non-hydrogen) atoms. The van der Waals surface area contributed by atoms with E-state index in [0.29, 0.717) is 6.04 Å². The van der Waals surface area contributed by atoms with E-state index in [0.717, 1.165) is 0 Å². The molecule has 0 unspecified atom stereocenters.